The molecule has 0 unspecified atom stereocenters. The van der Waals surface area contributed by atoms with Crippen molar-refractivity contribution in [1.29, 1.82) is 0 Å². The Bertz CT molecular complexity index is 578. The zero-order chi connectivity index (χ0) is 15.2. The first-order valence-corrected chi connectivity index (χ1v) is 6.92. The van der Waals surface area contributed by atoms with Gasteiger partial charge in [-0.2, -0.15) is 0 Å². The molecular weight excluding hydrogens is 268 g/mol. The first-order valence-electron chi connectivity index (χ1n) is 6.92. The molecule has 5 heteroatoms. The Morgan fingerprint density at radius 3 is 2.67 bits per heavy atom. The minimum absolute atomic E-state index is 0.209. The highest BCUT2D eigenvalue weighted by Gasteiger charge is 2.17. The highest BCUT2D eigenvalue weighted by Crippen LogP contribution is 2.20. The van der Waals surface area contributed by atoms with Crippen LogP contribution in [0.4, 0.5) is 0 Å². The largest absolute Gasteiger partial charge is 0.468 e. The number of methoxy groups -OCH3 is 1. The van der Waals surface area contributed by atoms with Gasteiger partial charge in [-0.1, -0.05) is 35.5 Å². The van der Waals surface area contributed by atoms with Crippen LogP contribution in [0, 0.1) is 0 Å². The molecule has 2 aromatic rings. The van der Waals surface area contributed by atoms with E-state index in [9.17, 15) is 4.79 Å². The standard InChI is InChI=1S/C16H20N2O3/c1-12(2)18(11-16(19)20-3)10-14-9-15(21-17-14)13-7-5-4-6-8-13/h4-9,12H,10-11H2,1-3H3. The number of carbonyl (C=O) groups is 1. The molecule has 0 saturated heterocycles. The van der Waals surface area contributed by atoms with Crippen molar-refractivity contribution < 1.29 is 14.1 Å². The lowest BCUT2D eigenvalue weighted by atomic mass is 10.1. The fourth-order valence-electron chi connectivity index (χ4n) is 1.98. The molecule has 0 aliphatic heterocycles. The van der Waals surface area contributed by atoms with E-state index in [1.165, 1.54) is 7.11 Å². The predicted octanol–water partition coefficient (Wildman–Crippen LogP) is 2.73. The molecule has 2 rings (SSSR count). The third-order valence-electron chi connectivity index (χ3n) is 3.27. The van der Waals surface area contributed by atoms with Crippen LogP contribution < -0.4 is 0 Å². The van der Waals surface area contributed by atoms with Gasteiger partial charge in [0.25, 0.3) is 0 Å². The smallest absolute Gasteiger partial charge is 0.319 e. The molecule has 21 heavy (non-hydrogen) atoms. The molecule has 0 aliphatic rings. The lowest BCUT2D eigenvalue weighted by molar-refractivity contribution is -0.142. The maximum atomic E-state index is 11.4. The van der Waals surface area contributed by atoms with Crippen LogP contribution in [0.1, 0.15) is 19.5 Å². The Morgan fingerprint density at radius 1 is 1.33 bits per heavy atom. The molecule has 0 amide bonds. The van der Waals surface area contributed by atoms with E-state index < -0.39 is 0 Å². The van der Waals surface area contributed by atoms with Crippen LogP contribution in [0.3, 0.4) is 0 Å². The topological polar surface area (TPSA) is 55.6 Å². The first kappa shape index (κ1) is 15.3. The summed E-state index contributed by atoms with van der Waals surface area (Å²) in [5, 5.41) is 4.08. The average molecular weight is 288 g/mol. The third kappa shape index (κ3) is 4.16. The van der Waals surface area contributed by atoms with Gasteiger partial charge in [0.15, 0.2) is 5.76 Å². The molecule has 0 radical (unpaired) electrons. The van der Waals surface area contributed by atoms with E-state index in [0.29, 0.717) is 6.54 Å². The molecule has 0 spiro atoms. The minimum atomic E-state index is -0.254. The van der Waals surface area contributed by atoms with Crippen LogP contribution in [-0.2, 0) is 16.1 Å². The third-order valence-corrected chi connectivity index (χ3v) is 3.27. The van der Waals surface area contributed by atoms with Gasteiger partial charge in [-0.3, -0.25) is 9.69 Å². The molecule has 1 heterocycles. The van der Waals surface area contributed by atoms with Crippen LogP contribution in [-0.4, -0.2) is 35.7 Å². The fraction of sp³-hybridized carbons (Fsp3) is 0.375. The zero-order valence-corrected chi connectivity index (χ0v) is 12.6. The Hall–Kier alpha value is -2.14. The summed E-state index contributed by atoms with van der Waals surface area (Å²) in [6, 6.07) is 11.9. The summed E-state index contributed by atoms with van der Waals surface area (Å²) in [4.78, 5) is 13.4. The number of hydrogen-bond donors (Lipinski definition) is 0. The van der Waals surface area contributed by atoms with E-state index in [-0.39, 0.29) is 18.6 Å². The van der Waals surface area contributed by atoms with Crippen LogP contribution >= 0.6 is 0 Å². The Balaban J connectivity index is 2.08. The molecule has 0 saturated carbocycles. The van der Waals surface area contributed by atoms with Crippen LogP contribution in [0.25, 0.3) is 11.3 Å². The number of hydrogen-bond acceptors (Lipinski definition) is 5. The summed E-state index contributed by atoms with van der Waals surface area (Å²) in [6.45, 7) is 4.84. The summed E-state index contributed by atoms with van der Waals surface area (Å²) < 4.78 is 10.1. The summed E-state index contributed by atoms with van der Waals surface area (Å²) >= 11 is 0. The van der Waals surface area contributed by atoms with Crippen LogP contribution in [0.2, 0.25) is 0 Å². The second-order valence-corrected chi connectivity index (χ2v) is 5.12. The van der Waals surface area contributed by atoms with Crippen molar-refractivity contribution in [3.8, 4) is 11.3 Å². The van der Waals surface area contributed by atoms with Gasteiger partial charge in [0.2, 0.25) is 0 Å². The minimum Gasteiger partial charge on any atom is -0.468 e. The Kier molecular flexibility index (Phi) is 5.11. The van der Waals surface area contributed by atoms with E-state index in [4.69, 9.17) is 9.26 Å². The number of nitrogens with zero attached hydrogens (tertiary/aromatic N) is 2. The van der Waals surface area contributed by atoms with Crippen molar-refractivity contribution in [1.82, 2.24) is 10.1 Å². The zero-order valence-electron chi connectivity index (χ0n) is 12.6. The van der Waals surface area contributed by atoms with Crippen molar-refractivity contribution in [2.24, 2.45) is 0 Å². The lowest BCUT2D eigenvalue weighted by Gasteiger charge is -2.23. The number of esters is 1. The second-order valence-electron chi connectivity index (χ2n) is 5.12. The molecule has 1 aromatic heterocycles. The maximum Gasteiger partial charge on any atom is 0.319 e. The maximum absolute atomic E-state index is 11.4. The van der Waals surface area contributed by atoms with Crippen molar-refractivity contribution in [2.45, 2.75) is 26.4 Å². The van der Waals surface area contributed by atoms with Crippen LogP contribution in [0.15, 0.2) is 40.9 Å². The van der Waals surface area contributed by atoms with E-state index in [1.807, 2.05) is 55.1 Å². The molecule has 1 aromatic carbocycles. The van der Waals surface area contributed by atoms with Crippen molar-refractivity contribution in [2.75, 3.05) is 13.7 Å². The predicted molar refractivity (Wildman–Crippen MR) is 79.5 cm³/mol. The van der Waals surface area contributed by atoms with E-state index in [2.05, 4.69) is 5.16 Å². The van der Waals surface area contributed by atoms with Gasteiger partial charge in [-0.05, 0) is 13.8 Å². The molecular formula is C16H20N2O3. The van der Waals surface area contributed by atoms with Crippen molar-refractivity contribution in [3.05, 3.63) is 42.1 Å². The molecule has 0 fully saturated rings. The second kappa shape index (κ2) is 7.04. The average Bonchev–Trinajstić information content (AvgIpc) is 2.95. The van der Waals surface area contributed by atoms with E-state index in [0.717, 1.165) is 17.0 Å². The Labute approximate surface area is 124 Å². The molecule has 112 valence electrons. The van der Waals surface area contributed by atoms with Gasteiger partial charge < -0.3 is 9.26 Å². The monoisotopic (exact) mass is 288 g/mol. The quantitative estimate of drug-likeness (QED) is 0.765. The summed E-state index contributed by atoms with van der Waals surface area (Å²) in [5.41, 5.74) is 1.78. The number of carbonyl (C=O) groups excluding carboxylic acids is 1. The number of benzene rings is 1. The highest BCUT2D eigenvalue weighted by molar-refractivity contribution is 5.71. The molecule has 0 atom stereocenters. The van der Waals surface area contributed by atoms with Gasteiger partial charge >= 0.3 is 5.97 Å². The summed E-state index contributed by atoms with van der Waals surface area (Å²) in [7, 11) is 1.39. The van der Waals surface area contributed by atoms with Crippen molar-refractivity contribution in [3.63, 3.8) is 0 Å². The van der Waals surface area contributed by atoms with Gasteiger partial charge in [0.1, 0.15) is 0 Å². The van der Waals surface area contributed by atoms with Gasteiger partial charge in [0, 0.05) is 24.2 Å². The van der Waals surface area contributed by atoms with Crippen molar-refractivity contribution >= 4 is 5.97 Å². The number of aromatic nitrogens is 1. The normalized spacial score (nSPS) is 11.1. The summed E-state index contributed by atoms with van der Waals surface area (Å²) in [6.07, 6.45) is 0. The number of ether oxygens (including phenoxy) is 1. The highest BCUT2D eigenvalue weighted by atomic mass is 16.5. The fourth-order valence-corrected chi connectivity index (χ4v) is 1.98. The SMILES string of the molecule is COC(=O)CN(Cc1cc(-c2ccccc2)on1)C(C)C. The van der Waals surface area contributed by atoms with E-state index >= 15 is 0 Å². The molecule has 0 N–H and O–H groups in total. The van der Waals surface area contributed by atoms with Crippen LogP contribution in [0.5, 0.6) is 0 Å². The number of rotatable bonds is 6. The van der Waals surface area contributed by atoms with E-state index in [1.54, 1.807) is 0 Å². The Morgan fingerprint density at radius 2 is 2.05 bits per heavy atom. The van der Waals surface area contributed by atoms with Gasteiger partial charge in [-0.25, -0.2) is 0 Å². The molecule has 5 nitrogen and oxygen atoms in total. The summed E-state index contributed by atoms with van der Waals surface area (Å²) in [5.74, 6) is 0.475. The molecule has 0 bridgehead atoms. The van der Waals surface area contributed by atoms with Gasteiger partial charge in [0.05, 0.1) is 19.3 Å². The first-order chi connectivity index (χ1) is 10.1. The van der Waals surface area contributed by atoms with Gasteiger partial charge in [-0.15, -0.1) is 0 Å². The molecule has 0 aliphatic carbocycles. The lowest BCUT2D eigenvalue weighted by Crippen LogP contribution is -2.35.